The van der Waals surface area contributed by atoms with Crippen LogP contribution in [0.2, 0.25) is 0 Å². The van der Waals surface area contributed by atoms with E-state index < -0.39 is 0 Å². The SMILES string of the molecule is I.NC(=NCC1CCCO1)NCCCn1ccnc1. The number of nitrogens with two attached hydrogens (primary N) is 1. The Hall–Kier alpha value is -0.830. The number of nitrogens with one attached hydrogen (secondary N) is 1. The number of hydrogen-bond donors (Lipinski definition) is 2. The molecule has 0 radical (unpaired) electrons. The van der Waals surface area contributed by atoms with E-state index in [2.05, 4.69) is 15.3 Å². The van der Waals surface area contributed by atoms with Crippen LogP contribution in [0.4, 0.5) is 0 Å². The van der Waals surface area contributed by atoms with E-state index in [0.717, 1.165) is 39.0 Å². The van der Waals surface area contributed by atoms with Crippen molar-refractivity contribution in [1.82, 2.24) is 14.9 Å². The maximum atomic E-state index is 5.78. The molecule has 108 valence electrons. The first kappa shape index (κ1) is 16.2. The maximum absolute atomic E-state index is 5.78. The number of nitrogens with zero attached hydrogens (tertiary/aromatic N) is 3. The van der Waals surface area contributed by atoms with Crippen LogP contribution < -0.4 is 11.1 Å². The Balaban J connectivity index is 0.00000180. The molecule has 0 spiro atoms. The molecule has 1 aliphatic rings. The lowest BCUT2D eigenvalue weighted by atomic mass is 10.2. The van der Waals surface area contributed by atoms with Crippen molar-refractivity contribution >= 4 is 29.9 Å². The Morgan fingerprint density at radius 1 is 1.58 bits per heavy atom. The minimum atomic E-state index is 0. The van der Waals surface area contributed by atoms with Gasteiger partial charge in [0.1, 0.15) is 0 Å². The van der Waals surface area contributed by atoms with Gasteiger partial charge in [-0.2, -0.15) is 0 Å². The summed E-state index contributed by atoms with van der Waals surface area (Å²) >= 11 is 0. The molecule has 1 fully saturated rings. The summed E-state index contributed by atoms with van der Waals surface area (Å²) in [4.78, 5) is 8.27. The van der Waals surface area contributed by atoms with Gasteiger partial charge in [0.05, 0.1) is 19.0 Å². The zero-order chi connectivity index (χ0) is 12.6. The fourth-order valence-electron chi connectivity index (χ4n) is 1.94. The Morgan fingerprint density at radius 3 is 3.16 bits per heavy atom. The molecule has 1 aliphatic heterocycles. The van der Waals surface area contributed by atoms with Gasteiger partial charge in [0, 0.05) is 32.1 Å². The molecule has 0 saturated carbocycles. The Kier molecular flexibility index (Phi) is 7.80. The van der Waals surface area contributed by atoms with E-state index in [0.29, 0.717) is 12.5 Å². The van der Waals surface area contributed by atoms with Crippen molar-refractivity contribution in [2.24, 2.45) is 10.7 Å². The lowest BCUT2D eigenvalue weighted by molar-refractivity contribution is 0.118. The molecule has 1 atom stereocenters. The van der Waals surface area contributed by atoms with E-state index in [1.807, 2.05) is 17.1 Å². The van der Waals surface area contributed by atoms with Crippen LogP contribution in [-0.2, 0) is 11.3 Å². The summed E-state index contributed by atoms with van der Waals surface area (Å²) in [5.74, 6) is 0.510. The van der Waals surface area contributed by atoms with Crippen molar-refractivity contribution in [2.75, 3.05) is 19.7 Å². The number of imidazole rings is 1. The van der Waals surface area contributed by atoms with Gasteiger partial charge in [0.15, 0.2) is 5.96 Å². The van der Waals surface area contributed by atoms with E-state index in [9.17, 15) is 0 Å². The fourth-order valence-corrected chi connectivity index (χ4v) is 1.94. The normalized spacial score (nSPS) is 19.2. The first-order chi connectivity index (χ1) is 8.84. The number of rotatable bonds is 6. The van der Waals surface area contributed by atoms with Crippen molar-refractivity contribution in [3.8, 4) is 0 Å². The Morgan fingerprint density at radius 2 is 2.47 bits per heavy atom. The number of aryl methyl sites for hydroxylation is 1. The number of aliphatic imine (C=N–C) groups is 1. The van der Waals surface area contributed by atoms with Crippen LogP contribution in [0.25, 0.3) is 0 Å². The van der Waals surface area contributed by atoms with Crippen LogP contribution in [-0.4, -0.2) is 41.3 Å². The molecule has 2 heterocycles. The zero-order valence-electron chi connectivity index (χ0n) is 11.0. The molecule has 1 aromatic rings. The van der Waals surface area contributed by atoms with Crippen LogP contribution in [0.3, 0.4) is 0 Å². The minimum absolute atomic E-state index is 0. The molecule has 1 aromatic heterocycles. The van der Waals surface area contributed by atoms with Crippen LogP contribution >= 0.6 is 24.0 Å². The summed E-state index contributed by atoms with van der Waals surface area (Å²) in [6, 6.07) is 0. The second-order valence-corrected chi connectivity index (χ2v) is 4.44. The van der Waals surface area contributed by atoms with Gasteiger partial charge in [0.25, 0.3) is 0 Å². The van der Waals surface area contributed by atoms with Crippen molar-refractivity contribution < 1.29 is 4.74 Å². The van der Waals surface area contributed by atoms with Crippen LogP contribution in [0, 0.1) is 0 Å². The quantitative estimate of drug-likeness (QED) is 0.334. The fraction of sp³-hybridized carbons (Fsp3) is 0.667. The molecule has 0 amide bonds. The van der Waals surface area contributed by atoms with Gasteiger partial charge in [-0.1, -0.05) is 0 Å². The van der Waals surface area contributed by atoms with Gasteiger partial charge >= 0.3 is 0 Å². The smallest absolute Gasteiger partial charge is 0.188 e. The molecule has 0 bridgehead atoms. The highest BCUT2D eigenvalue weighted by Crippen LogP contribution is 2.11. The molecule has 2 rings (SSSR count). The average Bonchev–Trinajstić information content (AvgIpc) is 3.04. The number of guanidine groups is 1. The largest absolute Gasteiger partial charge is 0.376 e. The highest BCUT2D eigenvalue weighted by atomic mass is 127. The summed E-state index contributed by atoms with van der Waals surface area (Å²) in [6.45, 7) is 3.28. The highest BCUT2D eigenvalue weighted by molar-refractivity contribution is 14.0. The first-order valence-electron chi connectivity index (χ1n) is 6.46. The van der Waals surface area contributed by atoms with Gasteiger partial charge < -0.3 is 20.4 Å². The van der Waals surface area contributed by atoms with Crippen molar-refractivity contribution in [2.45, 2.75) is 31.9 Å². The average molecular weight is 379 g/mol. The van der Waals surface area contributed by atoms with Gasteiger partial charge in [0.2, 0.25) is 0 Å². The number of halogens is 1. The van der Waals surface area contributed by atoms with E-state index in [1.54, 1.807) is 6.20 Å². The third kappa shape index (κ3) is 6.24. The summed E-state index contributed by atoms with van der Waals surface area (Å²) < 4.78 is 7.52. The van der Waals surface area contributed by atoms with E-state index in [4.69, 9.17) is 10.5 Å². The zero-order valence-corrected chi connectivity index (χ0v) is 13.3. The van der Waals surface area contributed by atoms with Crippen LogP contribution in [0.1, 0.15) is 19.3 Å². The lowest BCUT2D eigenvalue weighted by Gasteiger charge is -2.08. The van der Waals surface area contributed by atoms with Crippen molar-refractivity contribution in [3.63, 3.8) is 0 Å². The number of hydrogen-bond acceptors (Lipinski definition) is 3. The molecule has 6 nitrogen and oxygen atoms in total. The second kappa shape index (κ2) is 9.13. The van der Waals surface area contributed by atoms with E-state index >= 15 is 0 Å². The van der Waals surface area contributed by atoms with Gasteiger partial charge in [-0.15, -0.1) is 24.0 Å². The molecule has 7 heteroatoms. The first-order valence-corrected chi connectivity index (χ1v) is 6.46. The van der Waals surface area contributed by atoms with E-state index in [-0.39, 0.29) is 30.1 Å². The topological polar surface area (TPSA) is 77.5 Å². The summed E-state index contributed by atoms with van der Waals surface area (Å²) in [5, 5.41) is 3.11. The highest BCUT2D eigenvalue weighted by Gasteiger charge is 2.14. The summed E-state index contributed by atoms with van der Waals surface area (Å²) in [5.41, 5.74) is 5.78. The monoisotopic (exact) mass is 379 g/mol. The lowest BCUT2D eigenvalue weighted by Crippen LogP contribution is -2.33. The predicted octanol–water partition coefficient (Wildman–Crippen LogP) is 0.974. The standard InChI is InChI=1S/C12H21N5O.HI/c13-12(16-9-11-3-1-8-18-11)15-4-2-6-17-7-5-14-10-17;/h5,7,10-11H,1-4,6,8-9H2,(H3,13,15,16);1H. The third-order valence-electron chi connectivity index (χ3n) is 2.95. The Bertz CT molecular complexity index is 362. The molecular weight excluding hydrogens is 357 g/mol. The van der Waals surface area contributed by atoms with Gasteiger partial charge in [-0.3, -0.25) is 4.99 Å². The maximum Gasteiger partial charge on any atom is 0.188 e. The third-order valence-corrected chi connectivity index (χ3v) is 2.95. The molecule has 19 heavy (non-hydrogen) atoms. The van der Waals surface area contributed by atoms with E-state index in [1.165, 1.54) is 0 Å². The van der Waals surface area contributed by atoms with Gasteiger partial charge in [-0.25, -0.2) is 4.98 Å². The molecule has 3 N–H and O–H groups in total. The predicted molar refractivity (Wildman–Crippen MR) is 85.7 cm³/mol. The molecule has 1 unspecified atom stereocenters. The molecule has 0 aliphatic carbocycles. The van der Waals surface area contributed by atoms with Crippen molar-refractivity contribution in [3.05, 3.63) is 18.7 Å². The number of aromatic nitrogens is 2. The number of ether oxygens (including phenoxy) is 1. The molecule has 0 aromatic carbocycles. The van der Waals surface area contributed by atoms with Gasteiger partial charge in [-0.05, 0) is 19.3 Å². The molecule has 1 saturated heterocycles. The summed E-state index contributed by atoms with van der Waals surface area (Å²) in [6.07, 6.45) is 9.04. The van der Waals surface area contributed by atoms with Crippen LogP contribution in [0.15, 0.2) is 23.7 Å². The van der Waals surface area contributed by atoms with Crippen molar-refractivity contribution in [1.29, 1.82) is 0 Å². The Labute approximate surface area is 130 Å². The minimum Gasteiger partial charge on any atom is -0.376 e. The second-order valence-electron chi connectivity index (χ2n) is 4.44. The van der Waals surface area contributed by atoms with Crippen LogP contribution in [0.5, 0.6) is 0 Å². The summed E-state index contributed by atoms with van der Waals surface area (Å²) in [7, 11) is 0. The molecular formula is C12H22IN5O.